The second kappa shape index (κ2) is 4.85. The minimum Gasteiger partial charge on any atom is -0.396 e. The van der Waals surface area contributed by atoms with Gasteiger partial charge < -0.3 is 5.11 Å². The number of rotatable bonds is 3. The van der Waals surface area contributed by atoms with E-state index >= 15 is 0 Å². The molecule has 4 heteroatoms. The van der Waals surface area contributed by atoms with Gasteiger partial charge in [-0.25, -0.2) is 4.98 Å². The van der Waals surface area contributed by atoms with Crippen LogP contribution in [-0.2, 0) is 0 Å². The maximum Gasteiger partial charge on any atom is 0.141 e. The minimum absolute atomic E-state index is 0.147. The Morgan fingerprint density at radius 1 is 1.62 bits per heavy atom. The summed E-state index contributed by atoms with van der Waals surface area (Å²) in [6.45, 7) is 2.00. The van der Waals surface area contributed by atoms with Crippen molar-refractivity contribution < 1.29 is 5.11 Å². The summed E-state index contributed by atoms with van der Waals surface area (Å²) in [6, 6.07) is 5.63. The monoisotopic (exact) mass is 194 g/mol. The van der Waals surface area contributed by atoms with Gasteiger partial charge in [-0.3, -0.25) is 0 Å². The van der Waals surface area contributed by atoms with Crippen molar-refractivity contribution in [3.05, 3.63) is 23.5 Å². The molecule has 1 aromatic heterocycles. The molecule has 68 valence electrons. The molecule has 1 N–H and O–H groups in total. The van der Waals surface area contributed by atoms with Gasteiger partial charge in [-0.2, -0.15) is 5.26 Å². The second-order valence-electron chi connectivity index (χ2n) is 2.51. The van der Waals surface area contributed by atoms with Gasteiger partial charge in [0.2, 0.25) is 0 Å². The van der Waals surface area contributed by atoms with Gasteiger partial charge in [-0.15, -0.1) is 11.8 Å². The van der Waals surface area contributed by atoms with Crippen LogP contribution in [0.5, 0.6) is 0 Å². The number of aromatic nitrogens is 1. The molecule has 0 atom stereocenters. The molecule has 0 amide bonds. The fraction of sp³-hybridized carbons (Fsp3) is 0.333. The number of hydrogen-bond acceptors (Lipinski definition) is 4. The Hall–Kier alpha value is -1.05. The van der Waals surface area contributed by atoms with E-state index in [2.05, 4.69) is 4.98 Å². The highest BCUT2D eigenvalue weighted by Crippen LogP contribution is 2.18. The number of nitriles is 1. The predicted molar refractivity (Wildman–Crippen MR) is 51.5 cm³/mol. The smallest absolute Gasteiger partial charge is 0.141 e. The molecule has 0 saturated heterocycles. The molecule has 0 aliphatic heterocycles. The quantitative estimate of drug-likeness (QED) is 0.738. The van der Waals surface area contributed by atoms with Crippen LogP contribution in [0, 0.1) is 18.3 Å². The summed E-state index contributed by atoms with van der Waals surface area (Å²) in [4.78, 5) is 5.01. The van der Waals surface area contributed by atoms with Crippen molar-refractivity contribution in [2.24, 2.45) is 0 Å². The molecule has 1 rings (SSSR count). The Morgan fingerprint density at radius 2 is 2.38 bits per heavy atom. The van der Waals surface area contributed by atoms with E-state index in [0.717, 1.165) is 10.6 Å². The van der Waals surface area contributed by atoms with Gasteiger partial charge in [0.1, 0.15) is 11.8 Å². The lowest BCUT2D eigenvalue weighted by Crippen LogP contribution is -1.90. The van der Waals surface area contributed by atoms with E-state index in [-0.39, 0.29) is 6.61 Å². The molecule has 0 spiro atoms. The lowest BCUT2D eigenvalue weighted by molar-refractivity contribution is 0.322. The molecule has 0 saturated carbocycles. The zero-order chi connectivity index (χ0) is 9.68. The lowest BCUT2D eigenvalue weighted by atomic mass is 10.3. The second-order valence-corrected chi connectivity index (χ2v) is 3.68. The molecule has 13 heavy (non-hydrogen) atoms. The Labute approximate surface area is 81.4 Å². The highest BCUT2D eigenvalue weighted by atomic mass is 32.2. The number of pyridine rings is 1. The van der Waals surface area contributed by atoms with E-state index in [0.29, 0.717) is 11.4 Å². The Morgan fingerprint density at radius 3 is 3.00 bits per heavy atom. The van der Waals surface area contributed by atoms with Crippen molar-refractivity contribution in [1.82, 2.24) is 4.98 Å². The van der Waals surface area contributed by atoms with Gasteiger partial charge >= 0.3 is 0 Å². The summed E-state index contributed by atoms with van der Waals surface area (Å²) in [7, 11) is 0. The van der Waals surface area contributed by atoms with E-state index in [1.807, 2.05) is 19.1 Å². The van der Waals surface area contributed by atoms with Gasteiger partial charge in [-0.05, 0) is 19.1 Å². The molecular weight excluding hydrogens is 184 g/mol. The topological polar surface area (TPSA) is 56.9 Å². The molecule has 3 nitrogen and oxygen atoms in total. The fourth-order valence-corrected chi connectivity index (χ4v) is 1.72. The van der Waals surface area contributed by atoms with Gasteiger partial charge in [0.25, 0.3) is 0 Å². The van der Waals surface area contributed by atoms with Crippen molar-refractivity contribution in [2.45, 2.75) is 11.8 Å². The number of aliphatic hydroxyl groups is 1. The molecule has 0 bridgehead atoms. The molecule has 1 aromatic rings. The van der Waals surface area contributed by atoms with Crippen LogP contribution in [-0.4, -0.2) is 22.5 Å². The average molecular weight is 194 g/mol. The van der Waals surface area contributed by atoms with Crippen LogP contribution in [0.25, 0.3) is 0 Å². The van der Waals surface area contributed by atoms with Crippen molar-refractivity contribution in [3.8, 4) is 6.07 Å². The number of aliphatic hydroxyl groups excluding tert-OH is 1. The normalized spacial score (nSPS) is 9.62. The Kier molecular flexibility index (Phi) is 3.74. The van der Waals surface area contributed by atoms with E-state index in [4.69, 9.17) is 10.4 Å². The van der Waals surface area contributed by atoms with Crippen LogP contribution in [0.3, 0.4) is 0 Å². The molecule has 0 radical (unpaired) electrons. The first-order valence-electron chi connectivity index (χ1n) is 3.88. The zero-order valence-electron chi connectivity index (χ0n) is 7.32. The standard InChI is InChI=1S/C9H10N2OS/c1-7-4-9(13-3-2-12)5-8(6-10)11-7/h4-5,12H,2-3H2,1H3. The molecule has 0 aliphatic carbocycles. The summed E-state index contributed by atoms with van der Waals surface area (Å²) in [5.74, 6) is 0.647. The van der Waals surface area contributed by atoms with Crippen molar-refractivity contribution in [3.63, 3.8) is 0 Å². The zero-order valence-corrected chi connectivity index (χ0v) is 8.14. The Bertz CT molecular complexity index is 333. The number of aryl methyl sites for hydroxylation is 1. The summed E-state index contributed by atoms with van der Waals surface area (Å²) in [5.41, 5.74) is 1.26. The van der Waals surface area contributed by atoms with Crippen LogP contribution in [0.2, 0.25) is 0 Å². The molecule has 0 unspecified atom stereocenters. The van der Waals surface area contributed by atoms with Crippen LogP contribution in [0.15, 0.2) is 17.0 Å². The van der Waals surface area contributed by atoms with Gasteiger partial charge in [0.15, 0.2) is 0 Å². The first-order chi connectivity index (χ1) is 6.26. The summed E-state index contributed by atoms with van der Waals surface area (Å²) < 4.78 is 0. The summed E-state index contributed by atoms with van der Waals surface area (Å²) in [6.07, 6.45) is 0. The number of hydrogen-bond donors (Lipinski definition) is 1. The van der Waals surface area contributed by atoms with Crippen LogP contribution in [0.4, 0.5) is 0 Å². The minimum atomic E-state index is 0.147. The van der Waals surface area contributed by atoms with E-state index < -0.39 is 0 Å². The van der Waals surface area contributed by atoms with E-state index in [1.54, 1.807) is 6.07 Å². The number of thioether (sulfide) groups is 1. The maximum absolute atomic E-state index is 8.64. The maximum atomic E-state index is 8.64. The summed E-state index contributed by atoms with van der Waals surface area (Å²) >= 11 is 1.52. The first kappa shape index (κ1) is 10.0. The molecular formula is C9H10N2OS. The molecule has 0 aromatic carbocycles. The van der Waals surface area contributed by atoms with Crippen LogP contribution in [0.1, 0.15) is 11.4 Å². The first-order valence-corrected chi connectivity index (χ1v) is 4.87. The average Bonchev–Trinajstić information content (AvgIpc) is 2.14. The summed E-state index contributed by atoms with van der Waals surface area (Å²) in [5, 5.41) is 17.3. The van der Waals surface area contributed by atoms with E-state index in [9.17, 15) is 0 Å². The largest absolute Gasteiger partial charge is 0.396 e. The van der Waals surface area contributed by atoms with Crippen molar-refractivity contribution >= 4 is 11.8 Å². The van der Waals surface area contributed by atoms with Crippen molar-refractivity contribution in [2.75, 3.05) is 12.4 Å². The predicted octanol–water partition coefficient (Wildman–Crippen LogP) is 1.35. The Balaban J connectivity index is 2.83. The highest BCUT2D eigenvalue weighted by molar-refractivity contribution is 7.99. The third-order valence-corrected chi connectivity index (χ3v) is 2.36. The molecule has 1 heterocycles. The van der Waals surface area contributed by atoms with Crippen LogP contribution >= 0.6 is 11.8 Å². The molecule has 0 aliphatic rings. The van der Waals surface area contributed by atoms with Crippen LogP contribution < -0.4 is 0 Å². The molecule has 0 fully saturated rings. The highest BCUT2D eigenvalue weighted by Gasteiger charge is 1.99. The SMILES string of the molecule is Cc1cc(SCCO)cc(C#N)n1. The third-order valence-electron chi connectivity index (χ3n) is 1.40. The van der Waals surface area contributed by atoms with Crippen molar-refractivity contribution in [1.29, 1.82) is 5.26 Å². The van der Waals surface area contributed by atoms with Gasteiger partial charge in [0, 0.05) is 16.3 Å². The van der Waals surface area contributed by atoms with Gasteiger partial charge in [0.05, 0.1) is 6.61 Å². The lowest BCUT2D eigenvalue weighted by Gasteiger charge is -2.00. The number of nitrogens with zero attached hydrogens (tertiary/aromatic N) is 2. The van der Waals surface area contributed by atoms with E-state index in [1.165, 1.54) is 11.8 Å². The fourth-order valence-electron chi connectivity index (χ4n) is 0.941. The third kappa shape index (κ3) is 3.05. The van der Waals surface area contributed by atoms with Gasteiger partial charge in [-0.1, -0.05) is 0 Å².